The highest BCUT2D eigenvalue weighted by molar-refractivity contribution is 9.09. The molecule has 5 aliphatic rings. The summed E-state index contributed by atoms with van der Waals surface area (Å²) in [4.78, 5) is 0.961. The molecule has 0 heterocycles. The second-order valence-corrected chi connectivity index (χ2v) is 5.37. The van der Waals surface area contributed by atoms with Gasteiger partial charge in [0.1, 0.15) is 0 Å². The summed E-state index contributed by atoms with van der Waals surface area (Å²) in [6.07, 6.45) is 1.59. The molecule has 5 saturated carbocycles. The number of hydrogen-bond donors (Lipinski definition) is 0. The third-order valence-electron chi connectivity index (χ3n) is 4.16. The first-order chi connectivity index (χ1) is 4.39. The zero-order valence-electron chi connectivity index (χ0n) is 5.13. The minimum absolute atomic E-state index is 0.961. The Hall–Kier alpha value is 0.480. The molecule has 0 spiro atoms. The Kier molecular flexibility index (Phi) is 0.457. The van der Waals surface area contributed by atoms with Crippen LogP contribution in [0.25, 0.3) is 0 Å². The molecular formula is C8H9Br. The van der Waals surface area contributed by atoms with Crippen molar-refractivity contribution in [3.63, 3.8) is 0 Å². The quantitative estimate of drug-likeness (QED) is 0.505. The minimum atomic E-state index is 0.961. The molecule has 1 heteroatoms. The van der Waals surface area contributed by atoms with Crippen LogP contribution in [0, 0.1) is 35.5 Å². The van der Waals surface area contributed by atoms with Crippen LogP contribution in [-0.4, -0.2) is 4.83 Å². The molecule has 7 atom stereocenters. The van der Waals surface area contributed by atoms with E-state index in [0.29, 0.717) is 0 Å². The van der Waals surface area contributed by atoms with E-state index in [1.807, 2.05) is 0 Å². The van der Waals surface area contributed by atoms with Gasteiger partial charge in [0.25, 0.3) is 0 Å². The standard InChI is InChI=1S/C8H9Br/c9-8-3-1-2-4-5(2)7(4)6(3)8/h2-8H,1H2/t2?,3-,4-,5?,6-,7?,8+/m0/s1. The molecule has 5 rings (SSSR count). The van der Waals surface area contributed by atoms with Gasteiger partial charge in [-0.2, -0.15) is 0 Å². The Morgan fingerprint density at radius 1 is 0.889 bits per heavy atom. The molecule has 3 unspecified atom stereocenters. The fourth-order valence-corrected chi connectivity index (χ4v) is 4.66. The van der Waals surface area contributed by atoms with Gasteiger partial charge in [-0.3, -0.25) is 0 Å². The van der Waals surface area contributed by atoms with E-state index in [0.717, 1.165) is 16.7 Å². The largest absolute Gasteiger partial charge is 0.0884 e. The Balaban J connectivity index is 1.80. The lowest BCUT2D eigenvalue weighted by Gasteiger charge is -2.16. The van der Waals surface area contributed by atoms with E-state index in [2.05, 4.69) is 15.9 Å². The van der Waals surface area contributed by atoms with Crippen LogP contribution in [0.15, 0.2) is 0 Å². The van der Waals surface area contributed by atoms with Crippen LogP contribution < -0.4 is 0 Å². The normalized spacial score (nSPS) is 87.0. The topological polar surface area (TPSA) is 0 Å². The second kappa shape index (κ2) is 0.939. The molecular weight excluding hydrogens is 176 g/mol. The molecule has 0 aromatic carbocycles. The lowest BCUT2D eigenvalue weighted by molar-refractivity contribution is 0.319. The summed E-state index contributed by atoms with van der Waals surface area (Å²) < 4.78 is 0. The average molecular weight is 185 g/mol. The first-order valence-corrected chi connectivity index (χ1v) is 4.95. The van der Waals surface area contributed by atoms with Gasteiger partial charge in [-0.15, -0.1) is 0 Å². The van der Waals surface area contributed by atoms with Crippen molar-refractivity contribution in [1.29, 1.82) is 0 Å². The maximum Gasteiger partial charge on any atom is 0.0211 e. The Morgan fingerprint density at radius 2 is 1.67 bits per heavy atom. The fraction of sp³-hybridized carbons (Fsp3) is 1.00. The molecule has 0 aromatic heterocycles. The summed E-state index contributed by atoms with van der Waals surface area (Å²) in [6.45, 7) is 0. The minimum Gasteiger partial charge on any atom is -0.0884 e. The Labute approximate surface area is 63.1 Å². The number of halogens is 1. The van der Waals surface area contributed by atoms with Gasteiger partial charge in [-0.05, 0) is 41.9 Å². The monoisotopic (exact) mass is 184 g/mol. The zero-order valence-corrected chi connectivity index (χ0v) is 6.71. The van der Waals surface area contributed by atoms with Crippen molar-refractivity contribution in [2.24, 2.45) is 35.5 Å². The van der Waals surface area contributed by atoms with Gasteiger partial charge in [0.2, 0.25) is 0 Å². The highest BCUT2D eigenvalue weighted by atomic mass is 79.9. The molecule has 0 amide bonds. The molecule has 0 aromatic rings. The molecule has 5 aliphatic carbocycles. The maximum absolute atomic E-state index is 3.76. The number of alkyl halides is 1. The van der Waals surface area contributed by atoms with Crippen LogP contribution in [0.1, 0.15) is 6.42 Å². The number of rotatable bonds is 0. The molecule has 0 N–H and O–H groups in total. The van der Waals surface area contributed by atoms with E-state index < -0.39 is 0 Å². The fourth-order valence-electron chi connectivity index (χ4n) is 3.52. The SMILES string of the molecule is Br[C@@H]1[C@H]2CC3C4C([C@@H]34)[C@@H]12. The van der Waals surface area contributed by atoms with Gasteiger partial charge in [-0.1, -0.05) is 15.9 Å². The lowest BCUT2D eigenvalue weighted by Crippen LogP contribution is -2.11. The third kappa shape index (κ3) is 0.300. The third-order valence-corrected chi connectivity index (χ3v) is 5.45. The van der Waals surface area contributed by atoms with Gasteiger partial charge in [0.15, 0.2) is 0 Å². The maximum atomic E-state index is 3.76. The average Bonchev–Trinajstić information content (AvgIpc) is 2.65. The van der Waals surface area contributed by atoms with E-state index in [4.69, 9.17) is 0 Å². The predicted octanol–water partition coefficient (Wildman–Crippen LogP) is 1.89. The van der Waals surface area contributed by atoms with Gasteiger partial charge >= 0.3 is 0 Å². The number of hydrogen-bond acceptors (Lipinski definition) is 0. The van der Waals surface area contributed by atoms with Crippen molar-refractivity contribution in [3.05, 3.63) is 0 Å². The Bertz CT molecular complexity index is 182. The van der Waals surface area contributed by atoms with E-state index in [9.17, 15) is 0 Å². The summed E-state index contributed by atoms with van der Waals surface area (Å²) in [5.41, 5.74) is 0. The Morgan fingerprint density at radius 3 is 2.22 bits per heavy atom. The first kappa shape index (κ1) is 4.38. The summed E-state index contributed by atoms with van der Waals surface area (Å²) >= 11 is 3.76. The van der Waals surface area contributed by atoms with Crippen LogP contribution in [-0.2, 0) is 0 Å². The highest BCUT2D eigenvalue weighted by Gasteiger charge is 2.83. The van der Waals surface area contributed by atoms with Gasteiger partial charge in [0, 0.05) is 4.83 Å². The van der Waals surface area contributed by atoms with Gasteiger partial charge in [0.05, 0.1) is 0 Å². The van der Waals surface area contributed by atoms with E-state index in [1.165, 1.54) is 23.7 Å². The smallest absolute Gasteiger partial charge is 0.0211 e. The lowest BCUT2D eigenvalue weighted by atomic mass is 9.89. The second-order valence-electron chi connectivity index (χ2n) is 4.32. The zero-order chi connectivity index (χ0) is 5.75. The molecule has 0 radical (unpaired) electrons. The van der Waals surface area contributed by atoms with E-state index >= 15 is 0 Å². The van der Waals surface area contributed by atoms with Gasteiger partial charge in [-0.25, -0.2) is 0 Å². The summed E-state index contributed by atoms with van der Waals surface area (Å²) in [7, 11) is 0. The molecule has 0 saturated heterocycles. The van der Waals surface area contributed by atoms with Crippen molar-refractivity contribution < 1.29 is 0 Å². The van der Waals surface area contributed by atoms with Crippen molar-refractivity contribution in [2.45, 2.75) is 11.2 Å². The molecule has 48 valence electrons. The van der Waals surface area contributed by atoms with Crippen molar-refractivity contribution in [2.75, 3.05) is 0 Å². The summed E-state index contributed by atoms with van der Waals surface area (Å²) in [6, 6.07) is 0. The van der Waals surface area contributed by atoms with Gasteiger partial charge < -0.3 is 0 Å². The molecule has 0 aliphatic heterocycles. The van der Waals surface area contributed by atoms with Crippen LogP contribution in [0.4, 0.5) is 0 Å². The highest BCUT2D eigenvalue weighted by Crippen LogP contribution is 2.87. The van der Waals surface area contributed by atoms with E-state index in [-0.39, 0.29) is 0 Å². The van der Waals surface area contributed by atoms with Crippen LogP contribution in [0.2, 0.25) is 0 Å². The summed E-state index contributed by atoms with van der Waals surface area (Å²) in [5, 5.41) is 0. The van der Waals surface area contributed by atoms with E-state index in [1.54, 1.807) is 6.42 Å². The summed E-state index contributed by atoms with van der Waals surface area (Å²) in [5.74, 6) is 7.28. The van der Waals surface area contributed by atoms with Crippen LogP contribution in [0.5, 0.6) is 0 Å². The predicted molar refractivity (Wildman–Crippen MR) is 38.3 cm³/mol. The van der Waals surface area contributed by atoms with Crippen LogP contribution in [0.3, 0.4) is 0 Å². The van der Waals surface area contributed by atoms with Crippen molar-refractivity contribution in [3.8, 4) is 0 Å². The molecule has 0 nitrogen and oxygen atoms in total. The molecule has 2 bridgehead atoms. The van der Waals surface area contributed by atoms with Crippen molar-refractivity contribution >= 4 is 15.9 Å². The molecule has 9 heavy (non-hydrogen) atoms. The first-order valence-electron chi connectivity index (χ1n) is 4.03. The van der Waals surface area contributed by atoms with Crippen molar-refractivity contribution in [1.82, 2.24) is 0 Å². The van der Waals surface area contributed by atoms with Crippen LogP contribution >= 0.6 is 15.9 Å². The molecule has 5 fully saturated rings.